The molecule has 0 radical (unpaired) electrons. The van der Waals surface area contributed by atoms with Gasteiger partial charge in [0.25, 0.3) is 23.6 Å². The van der Waals surface area contributed by atoms with Crippen LogP contribution in [0, 0.1) is 5.92 Å². The van der Waals surface area contributed by atoms with Crippen molar-refractivity contribution in [3.63, 3.8) is 0 Å². The van der Waals surface area contributed by atoms with E-state index in [1.165, 1.54) is 0 Å². The van der Waals surface area contributed by atoms with E-state index < -0.39 is 35.8 Å². The summed E-state index contributed by atoms with van der Waals surface area (Å²) >= 11 is 26.3. The number of hydrogen-bond acceptors (Lipinski definition) is 12. The Bertz CT molecular complexity index is 3150. The number of aromatic nitrogens is 2. The molecule has 23 heteroatoms. The zero-order valence-electron chi connectivity index (χ0n) is 42.4. The summed E-state index contributed by atoms with van der Waals surface area (Å²) < 4.78 is 7.50. The van der Waals surface area contributed by atoms with Crippen molar-refractivity contribution in [2.24, 2.45) is 5.92 Å². The van der Waals surface area contributed by atoms with Gasteiger partial charge in [-0.2, -0.15) is 5.10 Å². The largest absolute Gasteiger partial charge is 0.480 e. The molecule has 7 heterocycles. The Morgan fingerprint density at radius 3 is 1.65 bits per heavy atom. The van der Waals surface area contributed by atoms with Crippen molar-refractivity contribution < 1.29 is 43.7 Å². The molecule has 10 rings (SSSR count). The summed E-state index contributed by atoms with van der Waals surface area (Å²) in [5, 5.41) is 35.3. The number of carboxylic acid groups (broad SMARTS) is 2. The first kappa shape index (κ1) is 55.6. The molecule has 2 unspecified atom stereocenters. The number of nitrogens with zero attached hydrogens (tertiary/aromatic N) is 6. The molecule has 78 heavy (non-hydrogen) atoms. The Hall–Kier alpha value is -7.19. The number of carbonyl (C=O) groups is 6. The molecule has 5 aliphatic heterocycles. The number of carbonyl (C=O) groups excluding carboxylic acids is 4. The SMILES string of the molecule is C=C(NC[C@H](NC(=O)c1c(Cl)cc2c(c1Cl)CCN(C(=O)C1=CC3C=CC=CC3O1)C2)C(=O)O)N1CCCC1.C=C(NC[C@H](NC(=O)c1c(Cl)cc2c(c1Cl)CCN(C(=O)c1cc3ccccn3n1)C2)C(=O)O)N1CCCC1. The molecule has 6 N–H and O–H groups in total. The second-order valence-corrected chi connectivity index (χ2v) is 21.2. The molecule has 0 spiro atoms. The number of aliphatic carboxylic acids is 2. The second-order valence-electron chi connectivity index (χ2n) is 19.7. The van der Waals surface area contributed by atoms with Crippen LogP contribution < -0.4 is 21.3 Å². The van der Waals surface area contributed by atoms with Crippen molar-refractivity contribution in [1.29, 1.82) is 0 Å². The third kappa shape index (κ3) is 12.2. The molecule has 2 fully saturated rings. The fraction of sp³-hybridized carbons (Fsp3) is 0.364. The maximum absolute atomic E-state index is 13.2. The van der Waals surface area contributed by atoms with Crippen molar-refractivity contribution in [2.75, 3.05) is 52.4 Å². The van der Waals surface area contributed by atoms with Gasteiger partial charge in [0.15, 0.2) is 11.5 Å². The Morgan fingerprint density at radius 2 is 1.17 bits per heavy atom. The number of amides is 4. The normalized spacial score (nSPS) is 18.8. The molecule has 1 aliphatic carbocycles. The maximum atomic E-state index is 13.2. The number of rotatable bonds is 16. The monoisotopic (exact) mass is 1140 g/mol. The molecule has 2 saturated heterocycles. The third-order valence-corrected chi connectivity index (χ3v) is 16.0. The van der Waals surface area contributed by atoms with Crippen LogP contribution in [0.4, 0.5) is 0 Å². The summed E-state index contributed by atoms with van der Waals surface area (Å²) in [4.78, 5) is 83.8. The van der Waals surface area contributed by atoms with E-state index in [1.807, 2.05) is 58.4 Å². The van der Waals surface area contributed by atoms with Crippen molar-refractivity contribution in [2.45, 2.75) is 69.8 Å². The number of carboxylic acids is 2. The molecule has 0 saturated carbocycles. The van der Waals surface area contributed by atoms with E-state index in [9.17, 15) is 39.0 Å². The van der Waals surface area contributed by atoms with Crippen LogP contribution in [0.15, 0.2) is 104 Å². The van der Waals surface area contributed by atoms with E-state index >= 15 is 0 Å². The molecule has 4 amide bonds. The van der Waals surface area contributed by atoms with Gasteiger partial charge in [-0.05, 0) is 103 Å². The van der Waals surface area contributed by atoms with E-state index in [-0.39, 0.29) is 81.2 Å². The highest BCUT2D eigenvalue weighted by Gasteiger charge is 2.36. The van der Waals surface area contributed by atoms with E-state index in [2.05, 4.69) is 39.5 Å². The number of halogens is 4. The van der Waals surface area contributed by atoms with E-state index in [0.717, 1.165) is 68.5 Å². The van der Waals surface area contributed by atoms with Gasteiger partial charge >= 0.3 is 11.9 Å². The predicted molar refractivity (Wildman–Crippen MR) is 294 cm³/mol. The summed E-state index contributed by atoms with van der Waals surface area (Å²) in [5.74, 6) is -2.57. The zero-order valence-corrected chi connectivity index (χ0v) is 45.4. The van der Waals surface area contributed by atoms with Crippen LogP contribution in [0.25, 0.3) is 5.52 Å². The van der Waals surface area contributed by atoms with Gasteiger partial charge in [-0.3, -0.25) is 19.2 Å². The highest BCUT2D eigenvalue weighted by Crippen LogP contribution is 2.38. The lowest BCUT2D eigenvalue weighted by Gasteiger charge is -2.30. The minimum atomic E-state index is -1.22. The highest BCUT2D eigenvalue weighted by molar-refractivity contribution is 6.41. The van der Waals surface area contributed by atoms with Gasteiger partial charge in [-0.15, -0.1) is 0 Å². The Morgan fingerprint density at radius 1 is 0.667 bits per heavy atom. The molecular weight excluding hydrogens is 1090 g/mol. The van der Waals surface area contributed by atoms with Crippen LogP contribution >= 0.6 is 46.4 Å². The lowest BCUT2D eigenvalue weighted by molar-refractivity contribution is -0.140. The van der Waals surface area contributed by atoms with Gasteiger partial charge in [0.1, 0.15) is 18.2 Å². The number of ether oxygens (including phenoxy) is 1. The average molecular weight is 1140 g/mol. The quantitative estimate of drug-likeness (QED) is 0.0712. The van der Waals surface area contributed by atoms with Crippen LogP contribution in [0.2, 0.25) is 20.1 Å². The lowest BCUT2D eigenvalue weighted by atomic mass is 9.96. The molecule has 19 nitrogen and oxygen atoms in total. The van der Waals surface area contributed by atoms with Gasteiger partial charge in [-0.25, -0.2) is 14.1 Å². The summed E-state index contributed by atoms with van der Waals surface area (Å²) in [7, 11) is 0. The Labute approximate surface area is 470 Å². The first-order valence-electron chi connectivity index (χ1n) is 25.6. The summed E-state index contributed by atoms with van der Waals surface area (Å²) in [6.07, 6.45) is 16.3. The highest BCUT2D eigenvalue weighted by atomic mass is 35.5. The summed E-state index contributed by atoms with van der Waals surface area (Å²) in [5.41, 5.74) is 4.06. The van der Waals surface area contributed by atoms with E-state index in [4.69, 9.17) is 51.1 Å². The van der Waals surface area contributed by atoms with Gasteiger partial charge in [-0.1, -0.05) is 83.9 Å². The van der Waals surface area contributed by atoms with Gasteiger partial charge in [0.2, 0.25) is 0 Å². The number of hydrogen-bond donors (Lipinski definition) is 6. The lowest BCUT2D eigenvalue weighted by Crippen LogP contribution is -2.48. The van der Waals surface area contributed by atoms with Crippen LogP contribution in [0.3, 0.4) is 0 Å². The molecule has 0 bridgehead atoms. The van der Waals surface area contributed by atoms with Crippen LogP contribution in [0.5, 0.6) is 0 Å². The predicted octanol–water partition coefficient (Wildman–Crippen LogP) is 6.42. The first-order valence-corrected chi connectivity index (χ1v) is 27.2. The summed E-state index contributed by atoms with van der Waals surface area (Å²) in [6, 6.07) is 8.11. The molecule has 410 valence electrons. The van der Waals surface area contributed by atoms with E-state index in [0.29, 0.717) is 60.2 Å². The number of nitrogens with one attached hydrogen (secondary N) is 4. The number of benzene rings is 2. The number of allylic oxidation sites excluding steroid dienone is 2. The number of fused-ring (bicyclic) bond motifs is 4. The number of pyridine rings is 1. The summed E-state index contributed by atoms with van der Waals surface area (Å²) in [6.45, 7) is 12.6. The molecule has 6 aliphatic rings. The average Bonchev–Trinajstić information content (AvgIpc) is 4.29. The van der Waals surface area contributed by atoms with Crippen LogP contribution in [-0.4, -0.2) is 146 Å². The zero-order chi connectivity index (χ0) is 55.4. The smallest absolute Gasteiger partial charge is 0.328 e. The van der Waals surface area contributed by atoms with Gasteiger partial charge in [0, 0.05) is 77.6 Å². The van der Waals surface area contributed by atoms with E-state index in [1.54, 1.807) is 38.7 Å². The van der Waals surface area contributed by atoms with Crippen LogP contribution in [0.1, 0.15) is 79.1 Å². The Kier molecular flexibility index (Phi) is 17.3. The van der Waals surface area contributed by atoms with Gasteiger partial charge < -0.3 is 55.8 Å². The van der Waals surface area contributed by atoms with Crippen molar-refractivity contribution in [3.05, 3.63) is 163 Å². The molecule has 2 aromatic carbocycles. The fourth-order valence-electron chi connectivity index (χ4n) is 10.3. The standard InChI is InChI=1S/C28H30Cl2N4O5.C27H28Cl2N6O4/c1-16(33-9-4-5-10-33)31-14-21(28(37)38)32-26(35)24-20(29)12-18-15-34(11-8-19(18)25(24)30)27(36)23-13-17-6-2-3-7-22(17)39-23;1-16(33-8-4-5-9-33)30-14-22(27(38)39)31-25(36)23-20(28)12-17-15-34(11-7-19(17)24(23)29)26(37)21-13-18-6-2-3-10-35(18)32-21/h2-3,6-7,12-13,17,21-22,31H,1,4-5,8-11,14-15H2,(H,32,35)(H,37,38);2-3,6,10,12-13,22,30H,1,4-5,7-9,11,14-15H2,(H,31,36)(H,38,39)/t17?,21-,22?;22-/m00/s1. The maximum Gasteiger partial charge on any atom is 0.328 e. The number of likely N-dealkylation sites (tertiary alicyclic amines) is 2. The first-order chi connectivity index (χ1) is 37.4. The molecule has 4 atom stereocenters. The van der Waals surface area contributed by atoms with Gasteiger partial charge in [0.05, 0.1) is 48.4 Å². The van der Waals surface area contributed by atoms with Crippen LogP contribution in [-0.2, 0) is 45.1 Å². The minimum Gasteiger partial charge on any atom is -0.480 e. The Balaban J connectivity index is 0.000000190. The topological polar surface area (TPSA) is 230 Å². The third-order valence-electron chi connectivity index (χ3n) is 14.6. The van der Waals surface area contributed by atoms with Crippen molar-refractivity contribution in [1.82, 2.24) is 50.5 Å². The molecule has 2 aromatic heterocycles. The second kappa shape index (κ2) is 24.2. The molecular formula is C55H58Cl4N10O9. The minimum absolute atomic E-state index is 0.0156. The van der Waals surface area contributed by atoms with Crippen molar-refractivity contribution in [3.8, 4) is 0 Å². The fourth-order valence-corrected chi connectivity index (χ4v) is 11.8. The molecule has 4 aromatic rings. The van der Waals surface area contributed by atoms with Crippen molar-refractivity contribution >= 4 is 87.5 Å².